The summed E-state index contributed by atoms with van der Waals surface area (Å²) in [6, 6.07) is 25.3. The first-order valence-electron chi connectivity index (χ1n) is 10.7. The summed E-state index contributed by atoms with van der Waals surface area (Å²) >= 11 is 4.71. The van der Waals surface area contributed by atoms with Gasteiger partial charge in [0.1, 0.15) is 5.75 Å². The van der Waals surface area contributed by atoms with Crippen molar-refractivity contribution >= 4 is 45.5 Å². The summed E-state index contributed by atoms with van der Waals surface area (Å²) < 4.78 is 8.15. The summed E-state index contributed by atoms with van der Waals surface area (Å²) in [5, 5.41) is 16.7. The largest absolute Gasteiger partial charge is 0.496 e. The Bertz CT molecular complexity index is 1300. The molecule has 0 atom stereocenters. The van der Waals surface area contributed by atoms with Crippen LogP contribution in [0.25, 0.3) is 5.69 Å². The molecule has 3 aromatic carbocycles. The van der Waals surface area contributed by atoms with Crippen LogP contribution in [0, 0.1) is 0 Å². The Labute approximate surface area is 215 Å². The van der Waals surface area contributed by atoms with E-state index in [0.29, 0.717) is 17.5 Å². The number of methoxy groups -OCH3 is 1. The Balaban J connectivity index is 1.42. The van der Waals surface area contributed by atoms with Gasteiger partial charge in [-0.2, -0.15) is 5.10 Å². The van der Waals surface area contributed by atoms with Crippen LogP contribution in [0.5, 0.6) is 5.75 Å². The third kappa shape index (κ3) is 6.71. The third-order valence-electron chi connectivity index (χ3n) is 4.86. The van der Waals surface area contributed by atoms with E-state index in [-0.39, 0.29) is 11.7 Å². The Hall–Kier alpha value is -3.63. The maximum absolute atomic E-state index is 12.4. The first-order valence-corrected chi connectivity index (χ1v) is 12.5. The van der Waals surface area contributed by atoms with Gasteiger partial charge >= 0.3 is 0 Å². The summed E-state index contributed by atoms with van der Waals surface area (Å²) in [6.07, 6.45) is 1.55. The van der Waals surface area contributed by atoms with Crippen molar-refractivity contribution in [1.29, 1.82) is 0 Å². The molecule has 1 heterocycles. The Morgan fingerprint density at radius 1 is 1.09 bits per heavy atom. The topological polar surface area (TPSA) is 93.4 Å². The van der Waals surface area contributed by atoms with Gasteiger partial charge in [-0.25, -0.2) is 5.43 Å². The fraction of sp³-hybridized carbons (Fsp3) is 0.120. The number of nitrogens with one attached hydrogen (secondary N) is 2. The number of rotatable bonds is 10. The maximum Gasteiger partial charge on any atom is 0.250 e. The highest BCUT2D eigenvalue weighted by Gasteiger charge is 2.15. The Morgan fingerprint density at radius 2 is 1.83 bits per heavy atom. The number of aromatic nitrogens is 3. The number of carbonyl (C=O) groups excluding carboxylic acids is 1. The van der Waals surface area contributed by atoms with Crippen LogP contribution in [-0.4, -0.2) is 39.7 Å². The SMILES string of the molecule is COc1ccc(Br)cc1C=NNC(=O)CSc1nnc(CNc2ccccc2)n1-c1ccccc1. The number of thioether (sulfide) groups is 1. The van der Waals surface area contributed by atoms with Crippen LogP contribution in [0.2, 0.25) is 0 Å². The van der Waals surface area contributed by atoms with Gasteiger partial charge in [0, 0.05) is 21.4 Å². The number of hydrogen-bond acceptors (Lipinski definition) is 7. The van der Waals surface area contributed by atoms with Crippen LogP contribution in [0.3, 0.4) is 0 Å². The summed E-state index contributed by atoms with van der Waals surface area (Å²) in [6.45, 7) is 0.484. The molecule has 0 aliphatic heterocycles. The molecule has 4 aromatic rings. The number of hydrogen-bond donors (Lipinski definition) is 2. The molecule has 0 saturated carbocycles. The molecular formula is C25H23BrN6O2S. The van der Waals surface area contributed by atoms with E-state index in [0.717, 1.165) is 27.2 Å². The fourth-order valence-corrected chi connectivity index (χ4v) is 4.37. The zero-order chi connectivity index (χ0) is 24.5. The number of ether oxygens (including phenoxy) is 1. The second-order valence-corrected chi connectivity index (χ2v) is 9.12. The number of nitrogens with zero attached hydrogens (tertiary/aromatic N) is 4. The lowest BCUT2D eigenvalue weighted by molar-refractivity contribution is -0.118. The minimum Gasteiger partial charge on any atom is -0.496 e. The van der Waals surface area contributed by atoms with Gasteiger partial charge in [0.25, 0.3) is 5.91 Å². The molecule has 0 radical (unpaired) electrons. The van der Waals surface area contributed by atoms with Crippen molar-refractivity contribution < 1.29 is 9.53 Å². The summed E-state index contributed by atoms with van der Waals surface area (Å²) in [5.74, 6) is 1.27. The second-order valence-electron chi connectivity index (χ2n) is 7.26. The van der Waals surface area contributed by atoms with Gasteiger partial charge in [-0.3, -0.25) is 9.36 Å². The predicted octanol–water partition coefficient (Wildman–Crippen LogP) is 4.89. The molecule has 10 heteroatoms. The van der Waals surface area contributed by atoms with Gasteiger partial charge in [-0.05, 0) is 42.5 Å². The van der Waals surface area contributed by atoms with E-state index in [1.807, 2.05) is 83.4 Å². The smallest absolute Gasteiger partial charge is 0.250 e. The van der Waals surface area contributed by atoms with Crippen molar-refractivity contribution in [2.75, 3.05) is 18.2 Å². The van der Waals surface area contributed by atoms with Crippen LogP contribution < -0.4 is 15.5 Å². The van der Waals surface area contributed by atoms with E-state index >= 15 is 0 Å². The average Bonchev–Trinajstić information content (AvgIpc) is 3.30. The molecule has 0 unspecified atom stereocenters. The molecule has 0 spiro atoms. The highest BCUT2D eigenvalue weighted by atomic mass is 79.9. The van der Waals surface area contributed by atoms with E-state index in [1.165, 1.54) is 11.8 Å². The molecular weight excluding hydrogens is 528 g/mol. The predicted molar refractivity (Wildman–Crippen MR) is 142 cm³/mol. The minimum atomic E-state index is -0.258. The van der Waals surface area contributed by atoms with Crippen LogP contribution in [-0.2, 0) is 11.3 Å². The normalized spacial score (nSPS) is 10.9. The van der Waals surface area contributed by atoms with E-state index in [9.17, 15) is 4.79 Å². The minimum absolute atomic E-state index is 0.129. The number of amides is 1. The van der Waals surface area contributed by atoms with E-state index in [1.54, 1.807) is 13.3 Å². The summed E-state index contributed by atoms with van der Waals surface area (Å²) in [4.78, 5) is 12.4. The van der Waals surface area contributed by atoms with Crippen LogP contribution in [0.4, 0.5) is 5.69 Å². The van der Waals surface area contributed by atoms with Crippen LogP contribution in [0.1, 0.15) is 11.4 Å². The number of halogens is 1. The molecule has 8 nitrogen and oxygen atoms in total. The van der Waals surface area contributed by atoms with E-state index in [2.05, 4.69) is 42.0 Å². The number of carbonyl (C=O) groups is 1. The van der Waals surface area contributed by atoms with Crippen LogP contribution in [0.15, 0.2) is 93.6 Å². The van der Waals surface area contributed by atoms with Gasteiger partial charge in [-0.1, -0.05) is 64.1 Å². The van der Waals surface area contributed by atoms with Crippen molar-refractivity contribution in [3.05, 3.63) is 94.7 Å². The standard InChI is InChI=1S/C25H23BrN6O2S/c1-34-22-13-12-19(26)14-18(22)15-28-30-24(33)17-35-25-31-29-23(16-27-20-8-4-2-5-9-20)32(25)21-10-6-3-7-11-21/h2-15,27H,16-17H2,1H3,(H,30,33). The van der Waals surface area contributed by atoms with Gasteiger partial charge in [0.05, 0.1) is 25.6 Å². The monoisotopic (exact) mass is 550 g/mol. The van der Waals surface area contributed by atoms with E-state index < -0.39 is 0 Å². The number of anilines is 1. The van der Waals surface area contributed by atoms with Crippen molar-refractivity contribution in [2.45, 2.75) is 11.7 Å². The van der Waals surface area contributed by atoms with Crippen molar-refractivity contribution in [1.82, 2.24) is 20.2 Å². The molecule has 0 saturated heterocycles. The fourth-order valence-electron chi connectivity index (χ4n) is 3.22. The zero-order valence-electron chi connectivity index (χ0n) is 18.9. The summed E-state index contributed by atoms with van der Waals surface area (Å²) in [5.41, 5.74) is 5.21. The maximum atomic E-state index is 12.4. The number of para-hydroxylation sites is 2. The number of benzene rings is 3. The third-order valence-corrected chi connectivity index (χ3v) is 6.28. The van der Waals surface area contributed by atoms with Crippen molar-refractivity contribution in [2.24, 2.45) is 5.10 Å². The first-order chi connectivity index (χ1) is 17.1. The van der Waals surface area contributed by atoms with E-state index in [4.69, 9.17) is 4.74 Å². The zero-order valence-corrected chi connectivity index (χ0v) is 21.3. The molecule has 0 aliphatic rings. The van der Waals surface area contributed by atoms with Gasteiger partial charge in [-0.15, -0.1) is 10.2 Å². The van der Waals surface area contributed by atoms with Crippen LogP contribution >= 0.6 is 27.7 Å². The molecule has 178 valence electrons. The van der Waals surface area contributed by atoms with Gasteiger partial charge in [0.15, 0.2) is 11.0 Å². The van der Waals surface area contributed by atoms with Gasteiger partial charge < -0.3 is 10.1 Å². The molecule has 0 bridgehead atoms. The van der Waals surface area contributed by atoms with Crippen molar-refractivity contribution in [3.8, 4) is 11.4 Å². The lowest BCUT2D eigenvalue weighted by atomic mass is 10.2. The average molecular weight is 551 g/mol. The molecule has 0 fully saturated rings. The molecule has 1 amide bonds. The summed E-state index contributed by atoms with van der Waals surface area (Å²) in [7, 11) is 1.59. The second kappa shape index (κ2) is 12.2. The van der Waals surface area contributed by atoms with Gasteiger partial charge in [0.2, 0.25) is 0 Å². The lowest BCUT2D eigenvalue weighted by Crippen LogP contribution is -2.20. The highest BCUT2D eigenvalue weighted by molar-refractivity contribution is 9.10. The molecule has 1 aromatic heterocycles. The lowest BCUT2D eigenvalue weighted by Gasteiger charge is -2.11. The Kier molecular flexibility index (Phi) is 8.53. The molecule has 0 aliphatic carbocycles. The molecule has 2 N–H and O–H groups in total. The highest BCUT2D eigenvalue weighted by Crippen LogP contribution is 2.23. The quantitative estimate of drug-likeness (QED) is 0.166. The Morgan fingerprint density at radius 3 is 2.57 bits per heavy atom. The first kappa shape index (κ1) is 24.5. The molecule has 35 heavy (non-hydrogen) atoms. The van der Waals surface area contributed by atoms with Crippen molar-refractivity contribution in [3.63, 3.8) is 0 Å². The molecule has 4 rings (SSSR count). The number of hydrazone groups is 1.